The molecule has 0 radical (unpaired) electrons. The molecule has 4 atom stereocenters. The molecule has 2 fully saturated rings. The highest BCUT2D eigenvalue weighted by molar-refractivity contribution is 4.87. The van der Waals surface area contributed by atoms with Crippen LogP contribution in [0.1, 0.15) is 52.4 Å². The van der Waals surface area contributed by atoms with E-state index in [1.54, 1.807) is 0 Å². The largest absolute Gasteiger partial charge is 0.317 e. The summed E-state index contributed by atoms with van der Waals surface area (Å²) in [5.41, 5.74) is 0. The first kappa shape index (κ1) is 13.4. The van der Waals surface area contributed by atoms with Crippen molar-refractivity contribution in [2.24, 2.45) is 11.8 Å². The SMILES string of the molecule is CC1CCCC(N(C)C2CCCNCC2)C1C. The van der Waals surface area contributed by atoms with Gasteiger partial charge < -0.3 is 10.2 Å². The smallest absolute Gasteiger partial charge is 0.0123 e. The summed E-state index contributed by atoms with van der Waals surface area (Å²) >= 11 is 0. The summed E-state index contributed by atoms with van der Waals surface area (Å²) in [6.07, 6.45) is 8.38. The molecule has 0 aromatic rings. The minimum atomic E-state index is 0.822. The van der Waals surface area contributed by atoms with Crippen molar-refractivity contribution in [3.63, 3.8) is 0 Å². The molecule has 1 N–H and O–H groups in total. The van der Waals surface area contributed by atoms with Gasteiger partial charge in [0.2, 0.25) is 0 Å². The first-order chi connectivity index (χ1) is 8.20. The van der Waals surface area contributed by atoms with E-state index < -0.39 is 0 Å². The van der Waals surface area contributed by atoms with Crippen LogP contribution in [0.15, 0.2) is 0 Å². The first-order valence-electron chi connectivity index (χ1n) is 7.63. The van der Waals surface area contributed by atoms with Gasteiger partial charge in [0, 0.05) is 12.1 Å². The molecule has 1 saturated carbocycles. The Bertz CT molecular complexity index is 221. The lowest BCUT2D eigenvalue weighted by molar-refractivity contribution is 0.0641. The summed E-state index contributed by atoms with van der Waals surface area (Å²) in [6, 6.07) is 1.66. The van der Waals surface area contributed by atoms with Crippen LogP contribution in [0, 0.1) is 11.8 Å². The molecule has 4 unspecified atom stereocenters. The average Bonchev–Trinajstić information content (AvgIpc) is 2.60. The van der Waals surface area contributed by atoms with Gasteiger partial charge in [-0.15, -0.1) is 0 Å². The van der Waals surface area contributed by atoms with Crippen LogP contribution in [-0.2, 0) is 0 Å². The van der Waals surface area contributed by atoms with Crippen LogP contribution in [0.3, 0.4) is 0 Å². The van der Waals surface area contributed by atoms with Gasteiger partial charge in [0.25, 0.3) is 0 Å². The fourth-order valence-electron chi connectivity index (χ4n) is 3.81. The molecule has 0 spiro atoms. The third kappa shape index (κ3) is 3.23. The van der Waals surface area contributed by atoms with Crippen molar-refractivity contribution < 1.29 is 0 Å². The maximum Gasteiger partial charge on any atom is 0.0123 e. The summed E-state index contributed by atoms with van der Waals surface area (Å²) in [5.74, 6) is 1.80. The quantitative estimate of drug-likeness (QED) is 0.796. The summed E-state index contributed by atoms with van der Waals surface area (Å²) in [5, 5.41) is 3.53. The van der Waals surface area contributed by atoms with E-state index >= 15 is 0 Å². The van der Waals surface area contributed by atoms with E-state index in [0.29, 0.717) is 0 Å². The Balaban J connectivity index is 1.94. The minimum Gasteiger partial charge on any atom is -0.317 e. The highest BCUT2D eigenvalue weighted by Gasteiger charge is 2.32. The molecule has 2 aliphatic rings. The van der Waals surface area contributed by atoms with E-state index in [1.165, 1.54) is 51.6 Å². The van der Waals surface area contributed by atoms with Crippen LogP contribution in [0.2, 0.25) is 0 Å². The number of hydrogen-bond acceptors (Lipinski definition) is 2. The Hall–Kier alpha value is -0.0800. The third-order valence-corrected chi connectivity index (χ3v) is 5.31. The standard InChI is InChI=1S/C15H30N2/c1-12-6-4-8-15(13(12)2)17(3)14-7-5-10-16-11-9-14/h12-16H,4-11H2,1-3H3. The maximum atomic E-state index is 3.53. The molecule has 0 aromatic heterocycles. The zero-order chi connectivity index (χ0) is 12.3. The summed E-state index contributed by atoms with van der Waals surface area (Å²) in [6.45, 7) is 7.35. The Kier molecular flexibility index (Phi) is 4.87. The van der Waals surface area contributed by atoms with Crippen molar-refractivity contribution in [2.75, 3.05) is 20.1 Å². The fraction of sp³-hybridized carbons (Fsp3) is 1.00. The van der Waals surface area contributed by atoms with Crippen LogP contribution >= 0.6 is 0 Å². The highest BCUT2D eigenvalue weighted by atomic mass is 15.2. The molecule has 2 nitrogen and oxygen atoms in total. The second-order valence-corrected chi connectivity index (χ2v) is 6.33. The zero-order valence-electron chi connectivity index (χ0n) is 11.9. The van der Waals surface area contributed by atoms with E-state index in [9.17, 15) is 0 Å². The number of rotatable bonds is 2. The fourth-order valence-corrected chi connectivity index (χ4v) is 3.81. The van der Waals surface area contributed by atoms with Gasteiger partial charge in [-0.05, 0) is 57.7 Å². The van der Waals surface area contributed by atoms with E-state index in [-0.39, 0.29) is 0 Å². The van der Waals surface area contributed by atoms with Crippen molar-refractivity contribution in [3.05, 3.63) is 0 Å². The van der Waals surface area contributed by atoms with Crippen molar-refractivity contribution in [3.8, 4) is 0 Å². The van der Waals surface area contributed by atoms with E-state index in [4.69, 9.17) is 0 Å². The maximum absolute atomic E-state index is 3.53. The Morgan fingerprint density at radius 2 is 1.76 bits per heavy atom. The summed E-state index contributed by atoms with van der Waals surface area (Å²) in [7, 11) is 2.38. The Labute approximate surface area is 107 Å². The molecule has 100 valence electrons. The van der Waals surface area contributed by atoms with Gasteiger partial charge in [0.1, 0.15) is 0 Å². The molecule has 17 heavy (non-hydrogen) atoms. The molecule has 2 heteroatoms. The van der Waals surface area contributed by atoms with E-state index in [0.717, 1.165) is 23.9 Å². The highest BCUT2D eigenvalue weighted by Crippen LogP contribution is 2.34. The lowest BCUT2D eigenvalue weighted by atomic mass is 9.77. The van der Waals surface area contributed by atoms with E-state index in [1.807, 2.05) is 0 Å². The molecule has 2 rings (SSSR count). The molecule has 1 heterocycles. The predicted octanol–water partition coefficient (Wildman–Crippen LogP) is 2.89. The number of nitrogens with one attached hydrogen (secondary N) is 1. The topological polar surface area (TPSA) is 15.3 Å². The lowest BCUT2D eigenvalue weighted by Gasteiger charge is -2.43. The van der Waals surface area contributed by atoms with Crippen molar-refractivity contribution in [2.45, 2.75) is 64.5 Å². The molecule has 1 aliphatic heterocycles. The van der Waals surface area contributed by atoms with Crippen LogP contribution in [-0.4, -0.2) is 37.1 Å². The molecule has 1 aliphatic carbocycles. The van der Waals surface area contributed by atoms with Gasteiger partial charge in [0.15, 0.2) is 0 Å². The predicted molar refractivity (Wildman–Crippen MR) is 74.2 cm³/mol. The van der Waals surface area contributed by atoms with Crippen LogP contribution < -0.4 is 5.32 Å². The van der Waals surface area contributed by atoms with Gasteiger partial charge in [-0.1, -0.05) is 26.7 Å². The zero-order valence-corrected chi connectivity index (χ0v) is 11.9. The van der Waals surface area contributed by atoms with Gasteiger partial charge in [-0.2, -0.15) is 0 Å². The lowest BCUT2D eigenvalue weighted by Crippen LogP contribution is -2.47. The first-order valence-corrected chi connectivity index (χ1v) is 7.63. The van der Waals surface area contributed by atoms with Crippen LogP contribution in [0.25, 0.3) is 0 Å². The Morgan fingerprint density at radius 1 is 0.941 bits per heavy atom. The second-order valence-electron chi connectivity index (χ2n) is 6.33. The molecule has 0 bridgehead atoms. The van der Waals surface area contributed by atoms with Crippen molar-refractivity contribution in [1.82, 2.24) is 10.2 Å². The van der Waals surface area contributed by atoms with E-state index in [2.05, 4.69) is 31.1 Å². The van der Waals surface area contributed by atoms with Crippen LogP contribution in [0.4, 0.5) is 0 Å². The second kappa shape index (κ2) is 6.19. The monoisotopic (exact) mass is 238 g/mol. The number of nitrogens with zero attached hydrogens (tertiary/aromatic N) is 1. The van der Waals surface area contributed by atoms with Gasteiger partial charge in [0.05, 0.1) is 0 Å². The Morgan fingerprint density at radius 3 is 2.59 bits per heavy atom. The minimum absolute atomic E-state index is 0.822. The molecular weight excluding hydrogens is 208 g/mol. The van der Waals surface area contributed by atoms with Crippen LogP contribution in [0.5, 0.6) is 0 Å². The van der Waals surface area contributed by atoms with Crippen molar-refractivity contribution in [1.29, 1.82) is 0 Å². The molecule has 1 saturated heterocycles. The molecule has 0 aromatic carbocycles. The third-order valence-electron chi connectivity index (χ3n) is 5.31. The molecular formula is C15H30N2. The molecule has 0 amide bonds. The van der Waals surface area contributed by atoms with Gasteiger partial charge >= 0.3 is 0 Å². The number of hydrogen-bond donors (Lipinski definition) is 1. The summed E-state index contributed by atoms with van der Waals surface area (Å²) in [4.78, 5) is 2.73. The van der Waals surface area contributed by atoms with Gasteiger partial charge in [-0.3, -0.25) is 0 Å². The normalized spacial score (nSPS) is 40.2. The van der Waals surface area contributed by atoms with Gasteiger partial charge in [-0.25, -0.2) is 0 Å². The average molecular weight is 238 g/mol. The van der Waals surface area contributed by atoms with Crippen molar-refractivity contribution >= 4 is 0 Å². The summed E-state index contributed by atoms with van der Waals surface area (Å²) < 4.78 is 0.